The van der Waals surface area contributed by atoms with E-state index in [1.807, 2.05) is 0 Å². The molecule has 5 rings (SSSR count). The van der Waals surface area contributed by atoms with Crippen LogP contribution in [0.1, 0.15) is 23.2 Å². The summed E-state index contributed by atoms with van der Waals surface area (Å²) in [5.41, 5.74) is 1.000. The number of aromatic nitrogens is 1. The standard InChI is InChI=1S/C19H20ClN3O2/c20-15-2-4-16(5-3-15)23-11-14(1-6-18(23)24)19(25)21-17-12-22-9-7-13(17)8-10-22/h1-6,11,13,17H,7-10,12H2,(H,21,25)/t17-/m0/s1. The maximum Gasteiger partial charge on any atom is 0.255 e. The predicted octanol–water partition coefficient (Wildman–Crippen LogP) is 2.31. The average Bonchev–Trinajstić information content (AvgIpc) is 2.64. The summed E-state index contributed by atoms with van der Waals surface area (Å²) in [5, 5.41) is 3.76. The molecule has 0 aliphatic carbocycles. The molecule has 2 aromatic rings. The highest BCUT2D eigenvalue weighted by Crippen LogP contribution is 2.27. The van der Waals surface area contributed by atoms with Crippen molar-refractivity contribution in [1.29, 1.82) is 0 Å². The minimum Gasteiger partial charge on any atom is -0.348 e. The highest BCUT2D eigenvalue weighted by atomic mass is 35.5. The Morgan fingerprint density at radius 2 is 1.80 bits per heavy atom. The van der Waals surface area contributed by atoms with Gasteiger partial charge in [-0.3, -0.25) is 14.2 Å². The first-order chi connectivity index (χ1) is 12.1. The Hall–Kier alpha value is -2.11. The minimum absolute atomic E-state index is 0.124. The number of benzene rings is 1. The van der Waals surface area contributed by atoms with Gasteiger partial charge in [0.25, 0.3) is 11.5 Å². The van der Waals surface area contributed by atoms with Gasteiger partial charge in [0.05, 0.1) is 5.56 Å². The Kier molecular flexibility index (Phi) is 4.36. The van der Waals surface area contributed by atoms with E-state index in [-0.39, 0.29) is 17.5 Å². The molecule has 2 bridgehead atoms. The summed E-state index contributed by atoms with van der Waals surface area (Å²) in [7, 11) is 0. The fraction of sp³-hybridized carbons (Fsp3) is 0.368. The van der Waals surface area contributed by atoms with Gasteiger partial charge in [-0.1, -0.05) is 11.6 Å². The lowest BCUT2D eigenvalue weighted by Gasteiger charge is -2.44. The van der Waals surface area contributed by atoms with Gasteiger partial charge in [0.1, 0.15) is 0 Å². The Balaban J connectivity index is 1.56. The van der Waals surface area contributed by atoms with Crippen LogP contribution in [0.25, 0.3) is 5.69 Å². The number of hydrogen-bond donors (Lipinski definition) is 1. The lowest BCUT2D eigenvalue weighted by molar-refractivity contribution is 0.0620. The van der Waals surface area contributed by atoms with Crippen LogP contribution in [0.2, 0.25) is 5.02 Å². The fourth-order valence-corrected chi connectivity index (χ4v) is 3.93. The van der Waals surface area contributed by atoms with Crippen molar-refractivity contribution in [1.82, 2.24) is 14.8 Å². The molecule has 1 aromatic heterocycles. The van der Waals surface area contributed by atoms with Crippen LogP contribution >= 0.6 is 11.6 Å². The third-order valence-corrected chi connectivity index (χ3v) is 5.50. The molecule has 0 radical (unpaired) electrons. The van der Waals surface area contributed by atoms with Gasteiger partial charge in [0, 0.05) is 35.6 Å². The van der Waals surface area contributed by atoms with Crippen molar-refractivity contribution in [3.63, 3.8) is 0 Å². The highest BCUT2D eigenvalue weighted by Gasteiger charge is 2.34. The van der Waals surface area contributed by atoms with Crippen molar-refractivity contribution in [3.8, 4) is 5.69 Å². The summed E-state index contributed by atoms with van der Waals surface area (Å²) < 4.78 is 1.47. The Morgan fingerprint density at radius 3 is 2.44 bits per heavy atom. The zero-order valence-corrected chi connectivity index (χ0v) is 14.6. The summed E-state index contributed by atoms with van der Waals surface area (Å²) in [6, 6.07) is 10.2. The second-order valence-corrected chi connectivity index (χ2v) is 7.26. The van der Waals surface area contributed by atoms with Crippen LogP contribution in [0.5, 0.6) is 0 Å². The number of nitrogens with zero attached hydrogens (tertiary/aromatic N) is 2. The quantitative estimate of drug-likeness (QED) is 0.917. The second kappa shape index (κ2) is 6.65. The molecule has 3 fully saturated rings. The summed E-state index contributed by atoms with van der Waals surface area (Å²) >= 11 is 5.90. The van der Waals surface area contributed by atoms with Crippen molar-refractivity contribution in [2.24, 2.45) is 5.92 Å². The third kappa shape index (κ3) is 3.34. The molecule has 0 saturated carbocycles. The van der Waals surface area contributed by atoms with Crippen LogP contribution < -0.4 is 10.9 Å². The Morgan fingerprint density at radius 1 is 1.08 bits per heavy atom. The molecule has 1 atom stereocenters. The first-order valence-corrected chi connectivity index (χ1v) is 9.00. The predicted molar refractivity (Wildman–Crippen MR) is 97.5 cm³/mol. The SMILES string of the molecule is O=C(N[C@H]1CN2CCC1CC2)c1ccc(=O)n(-c2ccc(Cl)cc2)c1. The topological polar surface area (TPSA) is 54.3 Å². The number of pyridine rings is 1. The lowest BCUT2D eigenvalue weighted by Crippen LogP contribution is -2.57. The maximum absolute atomic E-state index is 12.7. The van der Waals surface area contributed by atoms with E-state index in [9.17, 15) is 9.59 Å². The van der Waals surface area contributed by atoms with Gasteiger partial charge < -0.3 is 10.2 Å². The van der Waals surface area contributed by atoms with Crippen LogP contribution in [-0.2, 0) is 0 Å². The number of rotatable bonds is 3. The summed E-state index contributed by atoms with van der Waals surface area (Å²) in [4.78, 5) is 27.2. The number of carbonyl (C=O) groups is 1. The van der Waals surface area contributed by atoms with E-state index in [1.54, 1.807) is 36.5 Å². The third-order valence-electron chi connectivity index (χ3n) is 5.25. The average molecular weight is 358 g/mol. The molecule has 0 spiro atoms. The van der Waals surface area contributed by atoms with Crippen molar-refractivity contribution in [2.45, 2.75) is 18.9 Å². The van der Waals surface area contributed by atoms with Crippen molar-refractivity contribution >= 4 is 17.5 Å². The number of piperidine rings is 3. The van der Waals surface area contributed by atoms with E-state index in [0.29, 0.717) is 22.2 Å². The molecule has 3 saturated heterocycles. The lowest BCUT2D eigenvalue weighted by atomic mass is 9.84. The molecular formula is C19H20ClN3O2. The van der Waals surface area contributed by atoms with Crippen LogP contribution in [0.4, 0.5) is 0 Å². The minimum atomic E-state index is -0.179. The first kappa shape index (κ1) is 16.4. The normalized spacial score (nSPS) is 24.9. The summed E-state index contributed by atoms with van der Waals surface area (Å²) in [5.74, 6) is 0.442. The first-order valence-electron chi connectivity index (χ1n) is 8.62. The van der Waals surface area contributed by atoms with E-state index in [0.717, 1.165) is 32.5 Å². The van der Waals surface area contributed by atoms with Crippen LogP contribution in [0.3, 0.4) is 0 Å². The number of halogens is 1. The molecule has 4 heterocycles. The largest absolute Gasteiger partial charge is 0.348 e. The maximum atomic E-state index is 12.7. The smallest absolute Gasteiger partial charge is 0.255 e. The molecule has 1 aromatic carbocycles. The van der Waals surface area contributed by atoms with Crippen molar-refractivity contribution < 1.29 is 4.79 Å². The van der Waals surface area contributed by atoms with Crippen LogP contribution in [-0.4, -0.2) is 41.1 Å². The second-order valence-electron chi connectivity index (χ2n) is 6.82. The number of carbonyl (C=O) groups excluding carboxylic acids is 1. The molecule has 1 amide bonds. The van der Waals surface area contributed by atoms with Gasteiger partial charge in [0.2, 0.25) is 0 Å². The van der Waals surface area contributed by atoms with E-state index in [4.69, 9.17) is 11.6 Å². The molecule has 130 valence electrons. The zero-order valence-electron chi connectivity index (χ0n) is 13.8. The Bertz CT molecular complexity index is 838. The monoisotopic (exact) mass is 357 g/mol. The number of nitrogens with one attached hydrogen (secondary N) is 1. The Labute approximate surface area is 151 Å². The molecule has 3 aliphatic rings. The van der Waals surface area contributed by atoms with Gasteiger partial charge in [-0.05, 0) is 62.2 Å². The van der Waals surface area contributed by atoms with Crippen LogP contribution in [0, 0.1) is 5.92 Å². The van der Waals surface area contributed by atoms with Gasteiger partial charge in [0.15, 0.2) is 0 Å². The number of amides is 1. The highest BCUT2D eigenvalue weighted by molar-refractivity contribution is 6.30. The van der Waals surface area contributed by atoms with Gasteiger partial charge >= 0.3 is 0 Å². The molecule has 6 heteroatoms. The zero-order chi connectivity index (χ0) is 17.4. The molecule has 0 unspecified atom stereocenters. The van der Waals surface area contributed by atoms with Crippen molar-refractivity contribution in [2.75, 3.05) is 19.6 Å². The van der Waals surface area contributed by atoms with Gasteiger partial charge in [-0.15, -0.1) is 0 Å². The molecule has 5 nitrogen and oxygen atoms in total. The number of fused-ring (bicyclic) bond motifs is 3. The molecule has 3 aliphatic heterocycles. The molecule has 1 N–H and O–H groups in total. The number of hydrogen-bond acceptors (Lipinski definition) is 3. The molecular weight excluding hydrogens is 338 g/mol. The van der Waals surface area contributed by atoms with Gasteiger partial charge in [-0.25, -0.2) is 0 Å². The van der Waals surface area contributed by atoms with Gasteiger partial charge in [-0.2, -0.15) is 0 Å². The van der Waals surface area contributed by atoms with Crippen molar-refractivity contribution in [3.05, 3.63) is 63.5 Å². The molecule has 25 heavy (non-hydrogen) atoms. The van der Waals surface area contributed by atoms with Crippen LogP contribution in [0.15, 0.2) is 47.4 Å². The van der Waals surface area contributed by atoms with E-state index >= 15 is 0 Å². The summed E-state index contributed by atoms with van der Waals surface area (Å²) in [6.45, 7) is 3.20. The fourth-order valence-electron chi connectivity index (χ4n) is 3.81. The van der Waals surface area contributed by atoms with E-state index in [2.05, 4.69) is 10.2 Å². The van der Waals surface area contributed by atoms with E-state index < -0.39 is 0 Å². The summed E-state index contributed by atoms with van der Waals surface area (Å²) in [6.07, 6.45) is 3.90. The van der Waals surface area contributed by atoms with E-state index in [1.165, 1.54) is 10.6 Å².